The largest absolute Gasteiger partial charge is 0.396 e. The van der Waals surface area contributed by atoms with E-state index in [4.69, 9.17) is 5.11 Å². The van der Waals surface area contributed by atoms with Gasteiger partial charge >= 0.3 is 0 Å². The number of nitrogens with one attached hydrogen (secondary N) is 1. The van der Waals surface area contributed by atoms with Gasteiger partial charge in [-0.2, -0.15) is 0 Å². The van der Waals surface area contributed by atoms with Gasteiger partial charge in [0.1, 0.15) is 0 Å². The van der Waals surface area contributed by atoms with Crippen LogP contribution in [0.15, 0.2) is 0 Å². The number of amides is 1. The predicted molar refractivity (Wildman–Crippen MR) is 71.2 cm³/mol. The SMILES string of the molecule is CCC1(C(=O)N2CCC(CCO)C2)CCCNC1. The quantitative estimate of drug-likeness (QED) is 0.787. The Morgan fingerprint density at radius 2 is 2.39 bits per heavy atom. The molecule has 2 heterocycles. The summed E-state index contributed by atoms with van der Waals surface area (Å²) in [5.74, 6) is 0.849. The topological polar surface area (TPSA) is 52.6 Å². The van der Waals surface area contributed by atoms with E-state index in [9.17, 15) is 4.79 Å². The first-order chi connectivity index (χ1) is 8.72. The van der Waals surface area contributed by atoms with Crippen LogP contribution in [-0.4, -0.2) is 48.7 Å². The van der Waals surface area contributed by atoms with Crippen molar-refractivity contribution in [1.29, 1.82) is 0 Å². The third-order valence-electron chi connectivity index (χ3n) is 4.71. The average molecular weight is 254 g/mol. The van der Waals surface area contributed by atoms with E-state index in [0.717, 1.165) is 58.3 Å². The minimum absolute atomic E-state index is 0.160. The monoisotopic (exact) mass is 254 g/mol. The van der Waals surface area contributed by atoms with E-state index in [1.165, 1.54) is 0 Å². The van der Waals surface area contributed by atoms with Crippen LogP contribution in [0.25, 0.3) is 0 Å². The summed E-state index contributed by atoms with van der Waals surface area (Å²) in [6, 6.07) is 0. The fourth-order valence-corrected chi connectivity index (χ4v) is 3.37. The van der Waals surface area contributed by atoms with Crippen LogP contribution in [0.3, 0.4) is 0 Å². The first-order valence-corrected chi connectivity index (χ1v) is 7.33. The van der Waals surface area contributed by atoms with Crippen LogP contribution >= 0.6 is 0 Å². The highest BCUT2D eigenvalue weighted by molar-refractivity contribution is 5.83. The number of hydrogen-bond donors (Lipinski definition) is 2. The van der Waals surface area contributed by atoms with Gasteiger partial charge in [0.25, 0.3) is 0 Å². The molecule has 2 rings (SSSR count). The van der Waals surface area contributed by atoms with Crippen molar-refractivity contribution in [3.05, 3.63) is 0 Å². The molecule has 2 atom stereocenters. The van der Waals surface area contributed by atoms with Gasteiger partial charge in [0, 0.05) is 26.2 Å². The lowest BCUT2D eigenvalue weighted by molar-refractivity contribution is -0.142. The number of rotatable bonds is 4. The van der Waals surface area contributed by atoms with Gasteiger partial charge in [0.15, 0.2) is 0 Å². The second-order valence-electron chi connectivity index (χ2n) is 5.83. The van der Waals surface area contributed by atoms with Crippen molar-refractivity contribution in [2.75, 3.05) is 32.8 Å². The summed E-state index contributed by atoms with van der Waals surface area (Å²) >= 11 is 0. The maximum atomic E-state index is 12.7. The summed E-state index contributed by atoms with van der Waals surface area (Å²) in [7, 11) is 0. The second-order valence-corrected chi connectivity index (χ2v) is 5.83. The summed E-state index contributed by atoms with van der Waals surface area (Å²) in [5, 5.41) is 12.4. The summed E-state index contributed by atoms with van der Waals surface area (Å²) < 4.78 is 0. The van der Waals surface area contributed by atoms with E-state index in [1.54, 1.807) is 0 Å². The molecule has 0 aromatic rings. The Kier molecular flexibility index (Phi) is 4.62. The van der Waals surface area contributed by atoms with Crippen molar-refractivity contribution in [2.24, 2.45) is 11.3 Å². The van der Waals surface area contributed by atoms with E-state index in [0.29, 0.717) is 11.8 Å². The molecule has 18 heavy (non-hydrogen) atoms. The maximum absolute atomic E-state index is 12.7. The molecule has 0 radical (unpaired) electrons. The van der Waals surface area contributed by atoms with Crippen molar-refractivity contribution in [3.8, 4) is 0 Å². The molecule has 104 valence electrons. The minimum Gasteiger partial charge on any atom is -0.396 e. The van der Waals surface area contributed by atoms with E-state index in [-0.39, 0.29) is 12.0 Å². The molecule has 2 fully saturated rings. The highest BCUT2D eigenvalue weighted by Gasteiger charge is 2.42. The number of nitrogens with zero attached hydrogens (tertiary/aromatic N) is 1. The molecule has 4 heteroatoms. The van der Waals surface area contributed by atoms with Crippen LogP contribution in [0, 0.1) is 11.3 Å². The van der Waals surface area contributed by atoms with Crippen molar-refractivity contribution in [3.63, 3.8) is 0 Å². The fourth-order valence-electron chi connectivity index (χ4n) is 3.37. The van der Waals surface area contributed by atoms with Gasteiger partial charge in [-0.3, -0.25) is 4.79 Å². The summed E-state index contributed by atoms with van der Waals surface area (Å²) in [5.41, 5.74) is -0.160. The number of aliphatic hydroxyl groups excluding tert-OH is 1. The lowest BCUT2D eigenvalue weighted by Crippen LogP contribution is -2.51. The predicted octanol–water partition coefficient (Wildman–Crippen LogP) is 0.997. The number of hydrogen-bond acceptors (Lipinski definition) is 3. The zero-order valence-corrected chi connectivity index (χ0v) is 11.5. The molecule has 2 N–H and O–H groups in total. The van der Waals surface area contributed by atoms with Crippen LogP contribution in [0.5, 0.6) is 0 Å². The fraction of sp³-hybridized carbons (Fsp3) is 0.929. The van der Waals surface area contributed by atoms with Gasteiger partial charge in [-0.05, 0) is 44.6 Å². The smallest absolute Gasteiger partial charge is 0.230 e. The molecule has 4 nitrogen and oxygen atoms in total. The number of aliphatic hydroxyl groups is 1. The Balaban J connectivity index is 1.97. The van der Waals surface area contributed by atoms with Crippen molar-refractivity contribution < 1.29 is 9.90 Å². The van der Waals surface area contributed by atoms with E-state index in [2.05, 4.69) is 12.2 Å². The Labute approximate surface area is 110 Å². The standard InChI is InChI=1S/C14H26N2O2/c1-2-14(6-3-7-15-11-14)13(18)16-8-4-12(10-16)5-9-17/h12,15,17H,2-11H2,1H3. The highest BCUT2D eigenvalue weighted by atomic mass is 16.3. The number of carbonyl (C=O) groups excluding carboxylic acids is 1. The van der Waals surface area contributed by atoms with Crippen LogP contribution in [0.4, 0.5) is 0 Å². The first kappa shape index (κ1) is 13.8. The molecule has 2 saturated heterocycles. The van der Waals surface area contributed by atoms with E-state index < -0.39 is 0 Å². The van der Waals surface area contributed by atoms with Crippen LogP contribution in [0.1, 0.15) is 39.0 Å². The summed E-state index contributed by atoms with van der Waals surface area (Å²) in [6.07, 6.45) is 4.95. The lowest BCUT2D eigenvalue weighted by Gasteiger charge is -2.38. The molecule has 1 amide bonds. The van der Waals surface area contributed by atoms with Crippen molar-refractivity contribution in [2.45, 2.75) is 39.0 Å². The normalized spacial score (nSPS) is 32.8. The van der Waals surface area contributed by atoms with Gasteiger partial charge < -0.3 is 15.3 Å². The van der Waals surface area contributed by atoms with Crippen molar-refractivity contribution in [1.82, 2.24) is 10.2 Å². The van der Waals surface area contributed by atoms with E-state index >= 15 is 0 Å². The van der Waals surface area contributed by atoms with Gasteiger partial charge in [-0.15, -0.1) is 0 Å². The Bertz CT molecular complexity index is 288. The number of likely N-dealkylation sites (tertiary alicyclic amines) is 1. The highest BCUT2D eigenvalue weighted by Crippen LogP contribution is 2.34. The zero-order chi connectivity index (χ0) is 13.0. The number of carbonyl (C=O) groups is 1. The first-order valence-electron chi connectivity index (χ1n) is 7.33. The molecule has 2 aliphatic rings. The van der Waals surface area contributed by atoms with Crippen LogP contribution < -0.4 is 5.32 Å². The molecule has 2 aliphatic heterocycles. The summed E-state index contributed by atoms with van der Waals surface area (Å²) in [6.45, 7) is 5.98. The molecule has 0 spiro atoms. The van der Waals surface area contributed by atoms with E-state index in [1.807, 2.05) is 4.90 Å². The van der Waals surface area contributed by atoms with Gasteiger partial charge in [0.2, 0.25) is 5.91 Å². The zero-order valence-electron chi connectivity index (χ0n) is 11.5. The molecule has 0 saturated carbocycles. The van der Waals surface area contributed by atoms with Crippen LogP contribution in [-0.2, 0) is 4.79 Å². The molecule has 0 aromatic carbocycles. The second kappa shape index (κ2) is 6.02. The molecule has 0 bridgehead atoms. The lowest BCUT2D eigenvalue weighted by atomic mass is 9.77. The Morgan fingerprint density at radius 3 is 3.00 bits per heavy atom. The van der Waals surface area contributed by atoms with Gasteiger partial charge in [-0.1, -0.05) is 6.92 Å². The minimum atomic E-state index is -0.160. The molecular weight excluding hydrogens is 228 g/mol. The maximum Gasteiger partial charge on any atom is 0.230 e. The molecule has 0 aliphatic carbocycles. The molecule has 0 aromatic heterocycles. The Morgan fingerprint density at radius 1 is 1.56 bits per heavy atom. The average Bonchev–Trinajstić information content (AvgIpc) is 2.87. The van der Waals surface area contributed by atoms with Gasteiger partial charge in [0.05, 0.1) is 5.41 Å². The number of piperidine rings is 1. The van der Waals surface area contributed by atoms with Gasteiger partial charge in [-0.25, -0.2) is 0 Å². The molecule has 2 unspecified atom stereocenters. The third kappa shape index (κ3) is 2.69. The summed E-state index contributed by atoms with van der Waals surface area (Å²) in [4.78, 5) is 14.8. The van der Waals surface area contributed by atoms with Crippen molar-refractivity contribution >= 4 is 5.91 Å². The van der Waals surface area contributed by atoms with Crippen LogP contribution in [0.2, 0.25) is 0 Å². The molecular formula is C14H26N2O2. The third-order valence-corrected chi connectivity index (χ3v) is 4.71. The Hall–Kier alpha value is -0.610.